The number of carbonyl (C=O) groups excluding carboxylic acids is 1. The number of halogens is 1. The van der Waals surface area contributed by atoms with E-state index in [4.69, 9.17) is 11.6 Å². The highest BCUT2D eigenvalue weighted by molar-refractivity contribution is 6.17. The number of aromatic nitrogens is 2. The van der Waals surface area contributed by atoms with E-state index in [1.807, 2.05) is 19.1 Å². The molecule has 0 spiro atoms. The summed E-state index contributed by atoms with van der Waals surface area (Å²) in [5, 5.41) is 9.49. The molecule has 0 bridgehead atoms. The van der Waals surface area contributed by atoms with E-state index in [9.17, 15) is 4.79 Å². The van der Waals surface area contributed by atoms with Crippen LogP contribution in [-0.4, -0.2) is 16.1 Å². The number of benzene rings is 1. The Labute approximate surface area is 110 Å². The Kier molecular flexibility index (Phi) is 3.99. The fourth-order valence-corrected chi connectivity index (χ4v) is 1.80. The normalized spacial score (nSPS) is 10.3. The highest BCUT2D eigenvalue weighted by Crippen LogP contribution is 2.13. The summed E-state index contributed by atoms with van der Waals surface area (Å²) in [5.41, 5.74) is 2.57. The van der Waals surface area contributed by atoms with Crippen molar-refractivity contribution < 1.29 is 4.79 Å². The van der Waals surface area contributed by atoms with Crippen LogP contribution in [0.4, 0.5) is 5.82 Å². The van der Waals surface area contributed by atoms with E-state index < -0.39 is 0 Å². The number of amides is 1. The highest BCUT2D eigenvalue weighted by atomic mass is 35.5. The molecule has 0 aliphatic heterocycles. The van der Waals surface area contributed by atoms with Crippen LogP contribution in [0.5, 0.6) is 0 Å². The number of rotatable bonds is 4. The van der Waals surface area contributed by atoms with Gasteiger partial charge in [-0.2, -0.15) is 5.10 Å². The van der Waals surface area contributed by atoms with Gasteiger partial charge in [-0.15, -0.1) is 11.6 Å². The fourth-order valence-electron chi connectivity index (χ4n) is 1.62. The van der Waals surface area contributed by atoms with Gasteiger partial charge < -0.3 is 5.32 Å². The molecule has 94 valence electrons. The highest BCUT2D eigenvalue weighted by Gasteiger charge is 2.09. The maximum atomic E-state index is 12.0. The molecule has 18 heavy (non-hydrogen) atoms. The van der Waals surface area contributed by atoms with Crippen molar-refractivity contribution >= 4 is 23.3 Å². The molecule has 1 amide bonds. The van der Waals surface area contributed by atoms with E-state index in [0.29, 0.717) is 17.3 Å². The molecule has 1 aromatic heterocycles. The minimum absolute atomic E-state index is 0.157. The molecule has 0 radical (unpaired) electrons. The van der Waals surface area contributed by atoms with Gasteiger partial charge in [-0.05, 0) is 24.1 Å². The van der Waals surface area contributed by atoms with Crippen molar-refractivity contribution in [3.05, 3.63) is 47.2 Å². The Morgan fingerprint density at radius 1 is 1.39 bits per heavy atom. The maximum Gasteiger partial charge on any atom is 0.256 e. The van der Waals surface area contributed by atoms with Gasteiger partial charge in [0.2, 0.25) is 0 Å². The molecular formula is C13H14ClN3O. The second-order valence-electron chi connectivity index (χ2n) is 3.91. The van der Waals surface area contributed by atoms with E-state index in [-0.39, 0.29) is 5.91 Å². The van der Waals surface area contributed by atoms with Crippen LogP contribution in [0.3, 0.4) is 0 Å². The third-order valence-corrected chi connectivity index (χ3v) is 3.02. The van der Waals surface area contributed by atoms with Crippen molar-refractivity contribution in [2.75, 3.05) is 5.32 Å². The Hall–Kier alpha value is -1.81. The number of aromatic amines is 1. The molecule has 2 rings (SSSR count). The van der Waals surface area contributed by atoms with E-state index in [1.165, 1.54) is 0 Å². The first-order valence-corrected chi connectivity index (χ1v) is 6.26. The summed E-state index contributed by atoms with van der Waals surface area (Å²) in [6.07, 6.45) is 2.53. The van der Waals surface area contributed by atoms with Crippen molar-refractivity contribution in [3.63, 3.8) is 0 Å². The minimum Gasteiger partial charge on any atom is -0.307 e. The standard InChI is InChI=1S/C13H14ClN3O/c1-2-10-8-15-17-12(10)16-13(18)11-5-3-9(7-14)4-6-11/h3-6,8H,2,7H2,1H3,(H2,15,16,17,18). The second kappa shape index (κ2) is 5.69. The van der Waals surface area contributed by atoms with Gasteiger partial charge in [0.05, 0.1) is 6.20 Å². The predicted octanol–water partition coefficient (Wildman–Crippen LogP) is 2.96. The number of hydrogen-bond donors (Lipinski definition) is 2. The number of anilines is 1. The van der Waals surface area contributed by atoms with Crippen LogP contribution in [0, 0.1) is 0 Å². The summed E-state index contributed by atoms with van der Waals surface area (Å²) in [6, 6.07) is 7.20. The third-order valence-electron chi connectivity index (χ3n) is 2.71. The molecule has 0 atom stereocenters. The van der Waals surface area contributed by atoms with E-state index in [0.717, 1.165) is 17.5 Å². The topological polar surface area (TPSA) is 57.8 Å². The lowest BCUT2D eigenvalue weighted by atomic mass is 10.1. The van der Waals surface area contributed by atoms with Crippen LogP contribution >= 0.6 is 11.6 Å². The zero-order chi connectivity index (χ0) is 13.0. The maximum absolute atomic E-state index is 12.0. The number of hydrogen-bond acceptors (Lipinski definition) is 2. The van der Waals surface area contributed by atoms with Gasteiger partial charge in [0, 0.05) is 17.0 Å². The first kappa shape index (κ1) is 12.6. The van der Waals surface area contributed by atoms with Gasteiger partial charge in [-0.3, -0.25) is 9.89 Å². The molecule has 0 aliphatic rings. The summed E-state index contributed by atoms with van der Waals surface area (Å²) in [7, 11) is 0. The Balaban J connectivity index is 2.11. The van der Waals surface area contributed by atoms with Gasteiger partial charge in [-0.25, -0.2) is 0 Å². The molecule has 0 saturated carbocycles. The minimum atomic E-state index is -0.157. The molecule has 5 heteroatoms. The van der Waals surface area contributed by atoms with Gasteiger partial charge >= 0.3 is 0 Å². The van der Waals surface area contributed by atoms with E-state index >= 15 is 0 Å². The number of nitrogens with zero attached hydrogens (tertiary/aromatic N) is 1. The summed E-state index contributed by atoms with van der Waals surface area (Å²) in [4.78, 5) is 12.0. The van der Waals surface area contributed by atoms with Crippen molar-refractivity contribution in [1.82, 2.24) is 10.2 Å². The quantitative estimate of drug-likeness (QED) is 0.833. The van der Waals surface area contributed by atoms with E-state index in [1.54, 1.807) is 18.3 Å². The molecule has 0 aliphatic carbocycles. The molecule has 1 aromatic carbocycles. The van der Waals surface area contributed by atoms with Crippen LogP contribution in [0.15, 0.2) is 30.5 Å². The second-order valence-corrected chi connectivity index (χ2v) is 4.18. The van der Waals surface area contributed by atoms with Gasteiger partial charge in [0.25, 0.3) is 5.91 Å². The van der Waals surface area contributed by atoms with E-state index in [2.05, 4.69) is 15.5 Å². The molecule has 1 heterocycles. The summed E-state index contributed by atoms with van der Waals surface area (Å²) < 4.78 is 0. The van der Waals surface area contributed by atoms with Gasteiger partial charge in [0.1, 0.15) is 5.82 Å². The van der Waals surface area contributed by atoms with Crippen LogP contribution in [-0.2, 0) is 12.3 Å². The monoisotopic (exact) mass is 263 g/mol. The SMILES string of the molecule is CCc1cn[nH]c1NC(=O)c1ccc(CCl)cc1. The van der Waals surface area contributed by atoms with Crippen molar-refractivity contribution in [2.45, 2.75) is 19.2 Å². The number of nitrogens with one attached hydrogen (secondary N) is 2. The average Bonchev–Trinajstić information content (AvgIpc) is 2.86. The lowest BCUT2D eigenvalue weighted by Crippen LogP contribution is -2.13. The number of aryl methyl sites for hydroxylation is 1. The molecule has 2 aromatic rings. The van der Waals surface area contributed by atoms with Crippen molar-refractivity contribution in [2.24, 2.45) is 0 Å². The molecule has 2 N–H and O–H groups in total. The first-order valence-electron chi connectivity index (χ1n) is 5.73. The predicted molar refractivity (Wildman–Crippen MR) is 71.9 cm³/mol. The van der Waals surface area contributed by atoms with Gasteiger partial charge in [0.15, 0.2) is 0 Å². The molecule has 0 saturated heterocycles. The zero-order valence-electron chi connectivity index (χ0n) is 10.0. The largest absolute Gasteiger partial charge is 0.307 e. The fraction of sp³-hybridized carbons (Fsp3) is 0.231. The molecule has 0 unspecified atom stereocenters. The Morgan fingerprint density at radius 2 is 2.11 bits per heavy atom. The molecule has 0 fully saturated rings. The van der Waals surface area contributed by atoms with Crippen LogP contribution in [0.25, 0.3) is 0 Å². The lowest BCUT2D eigenvalue weighted by molar-refractivity contribution is 0.102. The lowest BCUT2D eigenvalue weighted by Gasteiger charge is -2.05. The smallest absolute Gasteiger partial charge is 0.256 e. The molecule has 4 nitrogen and oxygen atoms in total. The third kappa shape index (κ3) is 2.71. The zero-order valence-corrected chi connectivity index (χ0v) is 10.8. The number of H-pyrrole nitrogens is 1. The van der Waals surface area contributed by atoms with Gasteiger partial charge in [-0.1, -0.05) is 19.1 Å². The van der Waals surface area contributed by atoms with Crippen LogP contribution in [0.1, 0.15) is 28.4 Å². The Bertz CT molecular complexity index is 533. The summed E-state index contributed by atoms with van der Waals surface area (Å²) >= 11 is 5.70. The Morgan fingerprint density at radius 3 is 2.72 bits per heavy atom. The summed E-state index contributed by atoms with van der Waals surface area (Å²) in [5.74, 6) is 0.946. The number of carbonyl (C=O) groups is 1. The van der Waals surface area contributed by atoms with Crippen molar-refractivity contribution in [3.8, 4) is 0 Å². The first-order chi connectivity index (χ1) is 8.74. The molecular weight excluding hydrogens is 250 g/mol. The summed E-state index contributed by atoms with van der Waals surface area (Å²) in [6.45, 7) is 2.01. The van der Waals surface area contributed by atoms with Crippen molar-refractivity contribution in [1.29, 1.82) is 0 Å². The van der Waals surface area contributed by atoms with Crippen LogP contribution in [0.2, 0.25) is 0 Å². The van der Waals surface area contributed by atoms with Crippen LogP contribution < -0.4 is 5.32 Å². The number of alkyl halides is 1. The average molecular weight is 264 g/mol.